The maximum absolute atomic E-state index is 9.27. The minimum absolute atomic E-state index is 0.348. The van der Waals surface area contributed by atoms with Crippen molar-refractivity contribution in [3.63, 3.8) is 0 Å². The summed E-state index contributed by atoms with van der Waals surface area (Å²) in [4.78, 5) is 2.46. The van der Waals surface area contributed by atoms with Crippen molar-refractivity contribution in [2.75, 3.05) is 20.1 Å². The van der Waals surface area contributed by atoms with Gasteiger partial charge in [0.05, 0.1) is 0 Å². The molecule has 1 aromatic carbocycles. The molecule has 1 aromatic rings. The molecule has 3 heteroatoms. The van der Waals surface area contributed by atoms with E-state index in [1.54, 1.807) is 12.1 Å². The molecular weight excluding hydrogens is 236 g/mol. The number of hydrogen-bond acceptors (Lipinski definition) is 3. The fourth-order valence-electron chi connectivity index (χ4n) is 2.70. The van der Waals surface area contributed by atoms with Gasteiger partial charge in [-0.2, -0.15) is 0 Å². The lowest BCUT2D eigenvalue weighted by atomic mass is 10.0. The molecular formula is C16H26N2O. The Morgan fingerprint density at radius 1 is 1.37 bits per heavy atom. The van der Waals surface area contributed by atoms with E-state index in [9.17, 15) is 5.11 Å². The summed E-state index contributed by atoms with van der Waals surface area (Å²) in [7, 11) is 2.22. The standard InChI is InChI=1S/C16H26N2O/c1-13(18(2)12-15-4-3-11-17-15)5-6-14-7-9-16(19)10-8-14/h7-10,13,15,17,19H,3-6,11-12H2,1-2H3. The first-order valence-electron chi connectivity index (χ1n) is 7.36. The topological polar surface area (TPSA) is 35.5 Å². The number of rotatable bonds is 6. The number of likely N-dealkylation sites (N-methyl/N-ethyl adjacent to an activating group) is 1. The van der Waals surface area contributed by atoms with Crippen molar-refractivity contribution < 1.29 is 5.11 Å². The zero-order chi connectivity index (χ0) is 13.7. The Labute approximate surface area is 116 Å². The largest absolute Gasteiger partial charge is 0.508 e. The van der Waals surface area contributed by atoms with E-state index in [0.29, 0.717) is 17.8 Å². The van der Waals surface area contributed by atoms with Gasteiger partial charge in [0.25, 0.3) is 0 Å². The second kappa shape index (κ2) is 6.92. The monoisotopic (exact) mass is 262 g/mol. The second-order valence-electron chi connectivity index (χ2n) is 5.79. The van der Waals surface area contributed by atoms with E-state index in [0.717, 1.165) is 19.4 Å². The van der Waals surface area contributed by atoms with Crippen molar-refractivity contribution in [1.82, 2.24) is 10.2 Å². The summed E-state index contributed by atoms with van der Waals surface area (Å²) in [6, 6.07) is 8.84. The third kappa shape index (κ3) is 4.51. The molecule has 0 bridgehead atoms. The average molecular weight is 262 g/mol. The van der Waals surface area contributed by atoms with Crippen LogP contribution in [0.5, 0.6) is 5.75 Å². The molecule has 0 radical (unpaired) electrons. The number of hydrogen-bond donors (Lipinski definition) is 2. The van der Waals surface area contributed by atoms with E-state index < -0.39 is 0 Å². The van der Waals surface area contributed by atoms with Gasteiger partial charge in [0.2, 0.25) is 0 Å². The minimum Gasteiger partial charge on any atom is -0.508 e. The molecule has 0 amide bonds. The van der Waals surface area contributed by atoms with Gasteiger partial charge in [-0.3, -0.25) is 0 Å². The number of nitrogens with one attached hydrogen (secondary N) is 1. The summed E-state index contributed by atoms with van der Waals surface area (Å²) in [6.07, 6.45) is 4.87. The third-order valence-corrected chi connectivity index (χ3v) is 4.21. The van der Waals surface area contributed by atoms with Gasteiger partial charge < -0.3 is 15.3 Å². The molecule has 0 aliphatic carbocycles. The molecule has 2 unspecified atom stereocenters. The highest BCUT2D eigenvalue weighted by molar-refractivity contribution is 5.25. The van der Waals surface area contributed by atoms with Gasteiger partial charge in [0, 0.05) is 18.6 Å². The maximum Gasteiger partial charge on any atom is 0.115 e. The van der Waals surface area contributed by atoms with Crippen LogP contribution < -0.4 is 5.32 Å². The van der Waals surface area contributed by atoms with Crippen LogP contribution in [0.15, 0.2) is 24.3 Å². The van der Waals surface area contributed by atoms with Gasteiger partial charge in [-0.1, -0.05) is 12.1 Å². The van der Waals surface area contributed by atoms with Gasteiger partial charge in [-0.15, -0.1) is 0 Å². The number of benzene rings is 1. The Bertz CT molecular complexity index is 371. The van der Waals surface area contributed by atoms with E-state index in [4.69, 9.17) is 0 Å². The first kappa shape index (κ1) is 14.4. The van der Waals surface area contributed by atoms with Crippen molar-refractivity contribution in [3.05, 3.63) is 29.8 Å². The molecule has 1 fully saturated rings. The van der Waals surface area contributed by atoms with Crippen LogP contribution in [-0.4, -0.2) is 42.2 Å². The molecule has 19 heavy (non-hydrogen) atoms. The summed E-state index contributed by atoms with van der Waals surface area (Å²) in [5.74, 6) is 0.348. The van der Waals surface area contributed by atoms with Crippen LogP contribution in [0, 0.1) is 0 Å². The van der Waals surface area contributed by atoms with E-state index in [2.05, 4.69) is 24.2 Å². The fraction of sp³-hybridized carbons (Fsp3) is 0.625. The Kier molecular flexibility index (Phi) is 5.23. The molecule has 106 valence electrons. The Morgan fingerprint density at radius 3 is 2.74 bits per heavy atom. The highest BCUT2D eigenvalue weighted by Gasteiger charge is 2.18. The first-order valence-corrected chi connectivity index (χ1v) is 7.36. The van der Waals surface area contributed by atoms with Gasteiger partial charge in [0.15, 0.2) is 0 Å². The summed E-state index contributed by atoms with van der Waals surface area (Å²) < 4.78 is 0. The smallest absolute Gasteiger partial charge is 0.115 e. The molecule has 2 rings (SSSR count). The lowest BCUT2D eigenvalue weighted by Crippen LogP contribution is -2.40. The van der Waals surface area contributed by atoms with Crippen LogP contribution in [0.4, 0.5) is 0 Å². The molecule has 2 atom stereocenters. The average Bonchev–Trinajstić information content (AvgIpc) is 2.90. The Balaban J connectivity index is 1.73. The van der Waals surface area contributed by atoms with Crippen molar-refractivity contribution in [2.24, 2.45) is 0 Å². The van der Waals surface area contributed by atoms with Crippen LogP contribution in [0.3, 0.4) is 0 Å². The highest BCUT2D eigenvalue weighted by Crippen LogP contribution is 2.14. The predicted molar refractivity (Wildman–Crippen MR) is 79.5 cm³/mol. The molecule has 1 heterocycles. The zero-order valence-electron chi connectivity index (χ0n) is 12.1. The number of phenols is 1. The molecule has 1 aliphatic heterocycles. The SMILES string of the molecule is CC(CCc1ccc(O)cc1)N(C)CC1CCCN1. The van der Waals surface area contributed by atoms with Crippen LogP contribution in [0.25, 0.3) is 0 Å². The van der Waals surface area contributed by atoms with E-state index >= 15 is 0 Å². The minimum atomic E-state index is 0.348. The van der Waals surface area contributed by atoms with Gasteiger partial charge in [0.1, 0.15) is 5.75 Å². The highest BCUT2D eigenvalue weighted by atomic mass is 16.3. The fourth-order valence-corrected chi connectivity index (χ4v) is 2.70. The quantitative estimate of drug-likeness (QED) is 0.826. The molecule has 0 aromatic heterocycles. The predicted octanol–water partition coefficient (Wildman–Crippen LogP) is 2.40. The van der Waals surface area contributed by atoms with Crippen molar-refractivity contribution in [1.29, 1.82) is 0 Å². The van der Waals surface area contributed by atoms with Crippen molar-refractivity contribution in [2.45, 2.75) is 44.7 Å². The molecule has 0 spiro atoms. The normalized spacial score (nSPS) is 20.9. The number of aryl methyl sites for hydroxylation is 1. The third-order valence-electron chi connectivity index (χ3n) is 4.21. The summed E-state index contributed by atoms with van der Waals surface area (Å²) in [5.41, 5.74) is 1.30. The Morgan fingerprint density at radius 2 is 2.11 bits per heavy atom. The van der Waals surface area contributed by atoms with E-state index in [-0.39, 0.29) is 0 Å². The van der Waals surface area contributed by atoms with Crippen LogP contribution in [0.2, 0.25) is 0 Å². The van der Waals surface area contributed by atoms with E-state index in [1.165, 1.54) is 24.9 Å². The second-order valence-corrected chi connectivity index (χ2v) is 5.79. The van der Waals surface area contributed by atoms with Gasteiger partial charge in [-0.05, 0) is 63.9 Å². The van der Waals surface area contributed by atoms with Crippen LogP contribution >= 0.6 is 0 Å². The summed E-state index contributed by atoms with van der Waals surface area (Å²) >= 11 is 0. The van der Waals surface area contributed by atoms with Crippen LogP contribution in [-0.2, 0) is 6.42 Å². The molecule has 0 saturated carbocycles. The lowest BCUT2D eigenvalue weighted by molar-refractivity contribution is 0.226. The van der Waals surface area contributed by atoms with Gasteiger partial charge >= 0.3 is 0 Å². The maximum atomic E-state index is 9.27. The van der Waals surface area contributed by atoms with Crippen molar-refractivity contribution >= 4 is 0 Å². The molecule has 1 saturated heterocycles. The number of aromatic hydroxyl groups is 1. The molecule has 1 aliphatic rings. The lowest BCUT2D eigenvalue weighted by Gasteiger charge is -2.27. The van der Waals surface area contributed by atoms with E-state index in [1.807, 2.05) is 12.1 Å². The number of nitrogens with zero attached hydrogens (tertiary/aromatic N) is 1. The van der Waals surface area contributed by atoms with Gasteiger partial charge in [-0.25, -0.2) is 0 Å². The first-order chi connectivity index (χ1) is 9.15. The molecule has 2 N–H and O–H groups in total. The number of phenolic OH excluding ortho intramolecular Hbond substituents is 1. The molecule has 3 nitrogen and oxygen atoms in total. The summed E-state index contributed by atoms with van der Waals surface area (Å²) in [5, 5.41) is 12.8. The zero-order valence-corrected chi connectivity index (χ0v) is 12.1. The van der Waals surface area contributed by atoms with Crippen LogP contribution in [0.1, 0.15) is 31.7 Å². The summed E-state index contributed by atoms with van der Waals surface area (Å²) in [6.45, 7) is 4.63. The van der Waals surface area contributed by atoms with Crippen molar-refractivity contribution in [3.8, 4) is 5.75 Å². The Hall–Kier alpha value is -1.06.